The van der Waals surface area contributed by atoms with Crippen LogP contribution in [0.5, 0.6) is 0 Å². The van der Waals surface area contributed by atoms with Crippen LogP contribution < -0.4 is 0 Å². The Morgan fingerprint density at radius 3 is 2.40 bits per heavy atom. The number of fused-ring (bicyclic) bond motifs is 1. The summed E-state index contributed by atoms with van der Waals surface area (Å²) in [5, 5.41) is 9.40. The van der Waals surface area contributed by atoms with Crippen molar-refractivity contribution in [2.24, 2.45) is 17.8 Å². The molecule has 1 amide bonds. The van der Waals surface area contributed by atoms with Crippen LogP contribution in [0.1, 0.15) is 58.8 Å². The van der Waals surface area contributed by atoms with E-state index in [-0.39, 0.29) is 29.7 Å². The number of hydrogen-bond donors (Lipinski definition) is 1. The monoisotopic (exact) mass is 281 g/mol. The zero-order valence-electron chi connectivity index (χ0n) is 12.7. The minimum atomic E-state index is -0.670. The van der Waals surface area contributed by atoms with E-state index in [2.05, 4.69) is 13.8 Å². The SMILES string of the molecule is CCC(CC)C(=O)N1CCC(C(=O)O)C2CCCCC21. The Bertz CT molecular complexity index is 365. The van der Waals surface area contributed by atoms with Crippen LogP contribution in [0.4, 0.5) is 0 Å². The summed E-state index contributed by atoms with van der Waals surface area (Å²) in [6.07, 6.45) is 6.58. The van der Waals surface area contributed by atoms with Crippen molar-refractivity contribution < 1.29 is 14.7 Å². The van der Waals surface area contributed by atoms with Crippen LogP contribution in [0, 0.1) is 17.8 Å². The molecule has 0 spiro atoms. The average molecular weight is 281 g/mol. The summed E-state index contributed by atoms with van der Waals surface area (Å²) >= 11 is 0. The molecular weight excluding hydrogens is 254 g/mol. The first-order valence-electron chi connectivity index (χ1n) is 8.13. The highest BCUT2D eigenvalue weighted by Gasteiger charge is 2.44. The highest BCUT2D eigenvalue weighted by atomic mass is 16.4. The van der Waals surface area contributed by atoms with Gasteiger partial charge in [-0.05, 0) is 38.0 Å². The Morgan fingerprint density at radius 1 is 1.15 bits per heavy atom. The lowest BCUT2D eigenvalue weighted by atomic mass is 9.71. The summed E-state index contributed by atoms with van der Waals surface area (Å²) in [4.78, 5) is 26.1. The predicted octanol–water partition coefficient (Wildman–Crippen LogP) is 2.91. The van der Waals surface area contributed by atoms with Crippen LogP contribution in [0.25, 0.3) is 0 Å². The first-order valence-corrected chi connectivity index (χ1v) is 8.13. The summed E-state index contributed by atoms with van der Waals surface area (Å²) < 4.78 is 0. The second-order valence-corrected chi connectivity index (χ2v) is 6.29. The topological polar surface area (TPSA) is 57.6 Å². The summed E-state index contributed by atoms with van der Waals surface area (Å²) in [5.41, 5.74) is 0. The largest absolute Gasteiger partial charge is 0.481 e. The van der Waals surface area contributed by atoms with Crippen LogP contribution >= 0.6 is 0 Å². The summed E-state index contributed by atoms with van der Waals surface area (Å²) in [6.45, 7) is 4.76. The molecule has 1 saturated carbocycles. The van der Waals surface area contributed by atoms with E-state index in [1.807, 2.05) is 4.90 Å². The second-order valence-electron chi connectivity index (χ2n) is 6.29. The van der Waals surface area contributed by atoms with Crippen LogP contribution in [-0.2, 0) is 9.59 Å². The maximum absolute atomic E-state index is 12.7. The van der Waals surface area contributed by atoms with E-state index in [0.29, 0.717) is 13.0 Å². The van der Waals surface area contributed by atoms with Gasteiger partial charge in [-0.2, -0.15) is 0 Å². The average Bonchev–Trinajstić information content (AvgIpc) is 2.47. The van der Waals surface area contributed by atoms with Gasteiger partial charge in [0.05, 0.1) is 5.92 Å². The first kappa shape index (κ1) is 15.3. The number of carboxylic acid groups (broad SMARTS) is 1. The third-order valence-electron chi connectivity index (χ3n) is 5.31. The molecule has 0 aromatic heterocycles. The van der Waals surface area contributed by atoms with Crippen LogP contribution in [0.3, 0.4) is 0 Å². The molecule has 1 aliphatic carbocycles. The van der Waals surface area contributed by atoms with Gasteiger partial charge in [-0.25, -0.2) is 0 Å². The fourth-order valence-corrected chi connectivity index (χ4v) is 4.11. The van der Waals surface area contributed by atoms with Gasteiger partial charge in [-0.3, -0.25) is 9.59 Å². The van der Waals surface area contributed by atoms with Gasteiger partial charge in [0.1, 0.15) is 0 Å². The molecule has 0 bridgehead atoms. The van der Waals surface area contributed by atoms with E-state index in [4.69, 9.17) is 0 Å². The van der Waals surface area contributed by atoms with E-state index >= 15 is 0 Å². The van der Waals surface area contributed by atoms with Gasteiger partial charge in [0.15, 0.2) is 0 Å². The Hall–Kier alpha value is -1.06. The number of carbonyl (C=O) groups excluding carboxylic acids is 1. The lowest BCUT2D eigenvalue weighted by Gasteiger charge is -2.47. The van der Waals surface area contributed by atoms with Crippen molar-refractivity contribution in [1.82, 2.24) is 4.90 Å². The maximum atomic E-state index is 12.7. The molecule has 1 N–H and O–H groups in total. The van der Waals surface area contributed by atoms with Crippen LogP contribution in [0.15, 0.2) is 0 Å². The lowest BCUT2D eigenvalue weighted by Crippen LogP contribution is -2.55. The van der Waals surface area contributed by atoms with Crippen LogP contribution in [-0.4, -0.2) is 34.5 Å². The number of rotatable bonds is 4. The predicted molar refractivity (Wildman–Crippen MR) is 77.3 cm³/mol. The van der Waals surface area contributed by atoms with Crippen LogP contribution in [0.2, 0.25) is 0 Å². The van der Waals surface area contributed by atoms with Gasteiger partial charge in [-0.1, -0.05) is 26.7 Å². The number of carboxylic acids is 1. The summed E-state index contributed by atoms with van der Waals surface area (Å²) in [7, 11) is 0. The fourth-order valence-electron chi connectivity index (χ4n) is 4.11. The van der Waals surface area contributed by atoms with Crippen molar-refractivity contribution in [3.05, 3.63) is 0 Å². The molecule has 3 unspecified atom stereocenters. The summed E-state index contributed by atoms with van der Waals surface area (Å²) in [5.74, 6) is -0.370. The molecule has 2 aliphatic rings. The lowest BCUT2D eigenvalue weighted by molar-refractivity contribution is -0.155. The third kappa shape index (κ3) is 2.84. The Balaban J connectivity index is 2.15. The van der Waals surface area contributed by atoms with Gasteiger partial charge in [0.2, 0.25) is 5.91 Å². The molecule has 4 nitrogen and oxygen atoms in total. The Labute approximate surface area is 121 Å². The minimum absolute atomic E-state index is 0.110. The molecule has 4 heteroatoms. The van der Waals surface area contributed by atoms with E-state index < -0.39 is 5.97 Å². The second kappa shape index (κ2) is 6.59. The van der Waals surface area contributed by atoms with E-state index in [0.717, 1.165) is 38.5 Å². The van der Waals surface area contributed by atoms with E-state index in [1.54, 1.807) is 0 Å². The van der Waals surface area contributed by atoms with Gasteiger partial charge in [-0.15, -0.1) is 0 Å². The first-order chi connectivity index (χ1) is 9.60. The molecule has 114 valence electrons. The van der Waals surface area contributed by atoms with E-state index in [9.17, 15) is 14.7 Å². The van der Waals surface area contributed by atoms with Crippen molar-refractivity contribution in [3.8, 4) is 0 Å². The number of hydrogen-bond acceptors (Lipinski definition) is 2. The zero-order chi connectivity index (χ0) is 14.7. The maximum Gasteiger partial charge on any atom is 0.306 e. The summed E-state index contributed by atoms with van der Waals surface area (Å²) in [6, 6.07) is 0.173. The van der Waals surface area contributed by atoms with Crippen molar-refractivity contribution >= 4 is 11.9 Å². The van der Waals surface area contributed by atoms with Gasteiger partial charge in [0.25, 0.3) is 0 Å². The van der Waals surface area contributed by atoms with Crippen molar-refractivity contribution in [2.45, 2.75) is 64.8 Å². The molecule has 1 heterocycles. The molecule has 1 aliphatic heterocycles. The van der Waals surface area contributed by atoms with Gasteiger partial charge >= 0.3 is 5.97 Å². The minimum Gasteiger partial charge on any atom is -0.481 e. The Morgan fingerprint density at radius 2 is 1.80 bits per heavy atom. The zero-order valence-corrected chi connectivity index (χ0v) is 12.7. The number of nitrogens with zero attached hydrogens (tertiary/aromatic N) is 1. The van der Waals surface area contributed by atoms with Gasteiger partial charge < -0.3 is 10.0 Å². The molecule has 2 rings (SSSR count). The van der Waals surface area contributed by atoms with Crippen molar-refractivity contribution in [2.75, 3.05) is 6.54 Å². The number of likely N-dealkylation sites (tertiary alicyclic amines) is 1. The molecular formula is C16H27NO3. The number of carbonyl (C=O) groups is 2. The molecule has 1 saturated heterocycles. The number of amides is 1. The van der Waals surface area contributed by atoms with Crippen molar-refractivity contribution in [3.63, 3.8) is 0 Å². The van der Waals surface area contributed by atoms with Gasteiger partial charge in [0, 0.05) is 18.5 Å². The quantitative estimate of drug-likeness (QED) is 0.862. The molecule has 0 aromatic carbocycles. The number of piperidine rings is 1. The molecule has 20 heavy (non-hydrogen) atoms. The fraction of sp³-hybridized carbons (Fsp3) is 0.875. The molecule has 3 atom stereocenters. The third-order valence-corrected chi connectivity index (χ3v) is 5.31. The molecule has 0 radical (unpaired) electrons. The van der Waals surface area contributed by atoms with Crippen molar-refractivity contribution in [1.29, 1.82) is 0 Å². The highest BCUT2D eigenvalue weighted by molar-refractivity contribution is 5.80. The molecule has 2 fully saturated rings. The normalized spacial score (nSPS) is 30.1. The highest BCUT2D eigenvalue weighted by Crippen LogP contribution is 2.40. The Kier molecular flexibility index (Phi) is 5.06. The number of aliphatic carboxylic acids is 1. The standard InChI is InChI=1S/C16H27NO3/c1-3-11(4-2)15(18)17-10-9-13(16(19)20)12-7-5-6-8-14(12)17/h11-14H,3-10H2,1-2H3,(H,19,20). The van der Waals surface area contributed by atoms with E-state index in [1.165, 1.54) is 0 Å². The molecule has 0 aromatic rings. The smallest absolute Gasteiger partial charge is 0.306 e.